The Kier molecular flexibility index (Phi) is 4.73. The van der Waals surface area contributed by atoms with Gasteiger partial charge in [-0.15, -0.1) is 0 Å². The predicted octanol–water partition coefficient (Wildman–Crippen LogP) is 1.40. The second-order valence-electron chi connectivity index (χ2n) is 5.43. The van der Waals surface area contributed by atoms with Crippen LogP contribution in [-0.4, -0.2) is 55.1 Å². The molecule has 2 atom stereocenters. The maximum Gasteiger partial charge on any atom is 0.377 e. The minimum atomic E-state index is -3.30. The Labute approximate surface area is 112 Å². The zero-order chi connectivity index (χ0) is 13.9. The summed E-state index contributed by atoms with van der Waals surface area (Å²) in [5.41, 5.74) is 0. The SMILES string of the molecule is CCCN(CC1CC(F)(F)C(=O)O1)C1CCCNC1. The molecule has 0 saturated carbocycles. The molecule has 2 rings (SSSR count). The van der Waals surface area contributed by atoms with E-state index in [-0.39, 0.29) is 0 Å². The second-order valence-corrected chi connectivity index (χ2v) is 5.43. The first kappa shape index (κ1) is 14.7. The molecule has 0 amide bonds. The van der Waals surface area contributed by atoms with Gasteiger partial charge in [-0.25, -0.2) is 4.79 Å². The average molecular weight is 276 g/mol. The first-order valence-electron chi connectivity index (χ1n) is 7.06. The molecule has 19 heavy (non-hydrogen) atoms. The largest absolute Gasteiger partial charge is 0.456 e. The molecule has 0 spiro atoms. The van der Waals surface area contributed by atoms with Crippen LogP contribution in [-0.2, 0) is 9.53 Å². The van der Waals surface area contributed by atoms with E-state index in [4.69, 9.17) is 4.74 Å². The molecule has 2 unspecified atom stereocenters. The number of nitrogens with zero attached hydrogens (tertiary/aromatic N) is 1. The minimum Gasteiger partial charge on any atom is -0.456 e. The van der Waals surface area contributed by atoms with E-state index in [0.29, 0.717) is 12.6 Å². The first-order chi connectivity index (χ1) is 9.03. The van der Waals surface area contributed by atoms with Gasteiger partial charge >= 0.3 is 11.9 Å². The number of cyclic esters (lactones) is 1. The van der Waals surface area contributed by atoms with Crippen LogP contribution in [0.4, 0.5) is 8.78 Å². The molecule has 0 aliphatic carbocycles. The highest BCUT2D eigenvalue weighted by molar-refractivity contribution is 5.79. The fourth-order valence-corrected chi connectivity index (χ4v) is 2.87. The third kappa shape index (κ3) is 3.63. The number of ether oxygens (including phenoxy) is 1. The van der Waals surface area contributed by atoms with Crippen molar-refractivity contribution >= 4 is 5.97 Å². The number of hydrogen-bond donors (Lipinski definition) is 1. The lowest BCUT2D eigenvalue weighted by Crippen LogP contribution is -2.48. The molecule has 0 aromatic heterocycles. The van der Waals surface area contributed by atoms with Crippen molar-refractivity contribution < 1.29 is 18.3 Å². The van der Waals surface area contributed by atoms with Crippen LogP contribution in [0.25, 0.3) is 0 Å². The Morgan fingerprint density at radius 1 is 1.53 bits per heavy atom. The fourth-order valence-electron chi connectivity index (χ4n) is 2.87. The first-order valence-corrected chi connectivity index (χ1v) is 7.06. The summed E-state index contributed by atoms with van der Waals surface area (Å²) in [5, 5.41) is 3.33. The van der Waals surface area contributed by atoms with Crippen LogP contribution >= 0.6 is 0 Å². The van der Waals surface area contributed by atoms with Crippen molar-refractivity contribution in [3.05, 3.63) is 0 Å². The van der Waals surface area contributed by atoms with Gasteiger partial charge in [-0.3, -0.25) is 4.90 Å². The van der Waals surface area contributed by atoms with E-state index in [0.717, 1.165) is 38.9 Å². The van der Waals surface area contributed by atoms with E-state index in [1.54, 1.807) is 0 Å². The summed E-state index contributed by atoms with van der Waals surface area (Å²) in [5.74, 6) is -4.66. The van der Waals surface area contributed by atoms with Crippen LogP contribution in [0.3, 0.4) is 0 Å². The monoisotopic (exact) mass is 276 g/mol. The molecule has 2 saturated heterocycles. The fraction of sp³-hybridized carbons (Fsp3) is 0.923. The molecule has 2 aliphatic heterocycles. The Morgan fingerprint density at radius 3 is 2.84 bits per heavy atom. The zero-order valence-corrected chi connectivity index (χ0v) is 11.3. The summed E-state index contributed by atoms with van der Waals surface area (Å²) in [6.07, 6.45) is 1.99. The zero-order valence-electron chi connectivity index (χ0n) is 11.3. The standard InChI is InChI=1S/C13H22F2N2O2/c1-2-6-17(10-4-3-5-16-8-10)9-11-7-13(14,15)12(18)19-11/h10-11,16H,2-9H2,1H3. The molecule has 1 N–H and O–H groups in total. The summed E-state index contributed by atoms with van der Waals surface area (Å²) in [6.45, 7) is 5.25. The maximum atomic E-state index is 13.2. The molecule has 2 fully saturated rings. The van der Waals surface area contributed by atoms with Crippen molar-refractivity contribution in [2.24, 2.45) is 0 Å². The number of nitrogens with one attached hydrogen (secondary N) is 1. The van der Waals surface area contributed by atoms with Gasteiger partial charge < -0.3 is 10.1 Å². The highest BCUT2D eigenvalue weighted by Gasteiger charge is 2.51. The lowest BCUT2D eigenvalue weighted by Gasteiger charge is -2.35. The van der Waals surface area contributed by atoms with Crippen molar-refractivity contribution in [1.29, 1.82) is 0 Å². The van der Waals surface area contributed by atoms with Crippen molar-refractivity contribution in [1.82, 2.24) is 10.2 Å². The van der Waals surface area contributed by atoms with Crippen molar-refractivity contribution in [3.63, 3.8) is 0 Å². The highest BCUT2D eigenvalue weighted by Crippen LogP contribution is 2.31. The summed E-state index contributed by atoms with van der Waals surface area (Å²) in [4.78, 5) is 13.2. The van der Waals surface area contributed by atoms with Crippen molar-refractivity contribution in [2.75, 3.05) is 26.2 Å². The smallest absolute Gasteiger partial charge is 0.377 e. The predicted molar refractivity (Wildman–Crippen MR) is 67.2 cm³/mol. The highest BCUT2D eigenvalue weighted by atomic mass is 19.3. The molecule has 2 heterocycles. The lowest BCUT2D eigenvalue weighted by molar-refractivity contribution is -0.159. The second kappa shape index (κ2) is 6.13. The van der Waals surface area contributed by atoms with Gasteiger partial charge in [0.2, 0.25) is 0 Å². The lowest BCUT2D eigenvalue weighted by atomic mass is 10.0. The molecule has 4 nitrogen and oxygen atoms in total. The topological polar surface area (TPSA) is 41.6 Å². The van der Waals surface area contributed by atoms with Gasteiger partial charge in [0.25, 0.3) is 0 Å². The van der Waals surface area contributed by atoms with Gasteiger partial charge in [-0.1, -0.05) is 6.92 Å². The molecule has 0 radical (unpaired) electrons. The molecule has 2 aliphatic rings. The Balaban J connectivity index is 1.91. The number of esters is 1. The normalized spacial score (nSPS) is 30.6. The summed E-state index contributed by atoms with van der Waals surface area (Å²) in [6, 6.07) is 0.363. The maximum absolute atomic E-state index is 13.2. The number of halogens is 2. The summed E-state index contributed by atoms with van der Waals surface area (Å²) in [7, 11) is 0. The van der Waals surface area contributed by atoms with Crippen LogP contribution in [0.5, 0.6) is 0 Å². The third-order valence-corrected chi connectivity index (χ3v) is 3.79. The van der Waals surface area contributed by atoms with E-state index in [1.807, 2.05) is 0 Å². The van der Waals surface area contributed by atoms with Crippen molar-refractivity contribution in [3.8, 4) is 0 Å². The molecule has 0 aromatic carbocycles. The molecule has 110 valence electrons. The van der Waals surface area contributed by atoms with Gasteiger partial charge in [-0.2, -0.15) is 8.78 Å². The summed E-state index contributed by atoms with van der Waals surface area (Å²) >= 11 is 0. The number of carbonyl (C=O) groups excluding carboxylic acids is 1. The van der Waals surface area contributed by atoms with Gasteiger partial charge in [-0.05, 0) is 32.4 Å². The van der Waals surface area contributed by atoms with Gasteiger partial charge in [0.1, 0.15) is 6.10 Å². The number of rotatable bonds is 5. The molecule has 0 aromatic rings. The molecule has 6 heteroatoms. The number of carbonyl (C=O) groups is 1. The summed E-state index contributed by atoms with van der Waals surface area (Å²) < 4.78 is 31.1. The quantitative estimate of drug-likeness (QED) is 0.771. The van der Waals surface area contributed by atoms with Crippen LogP contribution < -0.4 is 5.32 Å². The van der Waals surface area contributed by atoms with Crippen LogP contribution in [0.2, 0.25) is 0 Å². The Hall–Kier alpha value is -0.750. The van der Waals surface area contributed by atoms with Crippen LogP contribution in [0, 0.1) is 0 Å². The Morgan fingerprint density at radius 2 is 2.32 bits per heavy atom. The van der Waals surface area contributed by atoms with Gasteiger partial charge in [0, 0.05) is 19.1 Å². The number of hydrogen-bond acceptors (Lipinski definition) is 4. The van der Waals surface area contributed by atoms with Crippen molar-refractivity contribution in [2.45, 2.75) is 50.7 Å². The van der Waals surface area contributed by atoms with Crippen LogP contribution in [0.1, 0.15) is 32.6 Å². The molecular formula is C13H22F2N2O2. The third-order valence-electron chi connectivity index (χ3n) is 3.79. The molecular weight excluding hydrogens is 254 g/mol. The van der Waals surface area contributed by atoms with E-state index in [1.165, 1.54) is 0 Å². The average Bonchev–Trinajstić information content (AvgIpc) is 2.63. The van der Waals surface area contributed by atoms with Gasteiger partial charge in [0.05, 0.1) is 6.42 Å². The van der Waals surface area contributed by atoms with Gasteiger partial charge in [0.15, 0.2) is 0 Å². The minimum absolute atomic E-state index is 0.363. The number of piperidine rings is 1. The number of alkyl halides is 2. The van der Waals surface area contributed by atoms with Crippen LogP contribution in [0.15, 0.2) is 0 Å². The Bertz CT molecular complexity index is 320. The van der Waals surface area contributed by atoms with E-state index >= 15 is 0 Å². The van der Waals surface area contributed by atoms with E-state index in [2.05, 4.69) is 17.1 Å². The van der Waals surface area contributed by atoms with E-state index in [9.17, 15) is 13.6 Å². The molecule has 0 bridgehead atoms. The van der Waals surface area contributed by atoms with E-state index < -0.39 is 24.4 Å².